The monoisotopic (exact) mass is 572 g/mol. The van der Waals surface area contributed by atoms with E-state index >= 15 is 0 Å². The van der Waals surface area contributed by atoms with E-state index in [1.807, 2.05) is 0 Å². The first-order chi connectivity index (χ1) is 19.1. The highest BCUT2D eigenvalue weighted by molar-refractivity contribution is 7.89. The molecule has 0 bridgehead atoms. The van der Waals surface area contributed by atoms with Crippen LogP contribution in [0.25, 0.3) is 5.69 Å². The molecule has 1 fully saturated rings. The van der Waals surface area contributed by atoms with Crippen molar-refractivity contribution in [3.63, 3.8) is 0 Å². The van der Waals surface area contributed by atoms with Crippen molar-refractivity contribution in [3.8, 4) is 23.1 Å². The summed E-state index contributed by atoms with van der Waals surface area (Å²) in [7, 11) is -1.17. The fourth-order valence-corrected chi connectivity index (χ4v) is 5.64. The summed E-state index contributed by atoms with van der Waals surface area (Å²) >= 11 is 0. The lowest BCUT2D eigenvalue weighted by Gasteiger charge is -2.17. The van der Waals surface area contributed by atoms with E-state index in [9.17, 15) is 23.1 Å². The van der Waals surface area contributed by atoms with Gasteiger partial charge in [-0.15, -0.1) is 0 Å². The summed E-state index contributed by atoms with van der Waals surface area (Å²) in [5, 5.41) is 16.7. The third-order valence-corrected chi connectivity index (χ3v) is 8.10. The maximum atomic E-state index is 13.3. The molecule has 0 atom stereocenters. The van der Waals surface area contributed by atoms with E-state index in [1.165, 1.54) is 44.0 Å². The van der Waals surface area contributed by atoms with Crippen LogP contribution in [0, 0.1) is 12.8 Å². The fraction of sp³-hybridized carbons (Fsp3) is 0.370. The number of aromatic carboxylic acids is 1. The van der Waals surface area contributed by atoms with Crippen LogP contribution in [0.5, 0.6) is 17.4 Å². The molecule has 0 spiro atoms. The molecule has 1 saturated carbocycles. The SMILES string of the molecule is COCCNS(=O)(=O)c1cc(NC(=O)C2CCCC2)ccc1Oc1c(C)c(C(=O)O)nn1-c1ccc(OC)cc1. The lowest BCUT2D eigenvalue weighted by molar-refractivity contribution is -0.119. The number of anilines is 1. The van der Waals surface area contributed by atoms with E-state index < -0.39 is 16.0 Å². The molecular formula is C27H32N4O8S. The summed E-state index contributed by atoms with van der Waals surface area (Å²) < 4.78 is 46.7. The molecule has 0 saturated heterocycles. The first-order valence-corrected chi connectivity index (χ1v) is 14.2. The van der Waals surface area contributed by atoms with Gasteiger partial charge in [0.05, 0.1) is 19.4 Å². The number of carbonyl (C=O) groups excluding carboxylic acids is 1. The van der Waals surface area contributed by atoms with Gasteiger partial charge in [0, 0.05) is 30.8 Å². The number of carboxylic acid groups (broad SMARTS) is 1. The highest BCUT2D eigenvalue weighted by atomic mass is 32.2. The molecule has 1 aromatic heterocycles. The number of carboxylic acids is 1. The second-order valence-corrected chi connectivity index (χ2v) is 11.1. The number of benzene rings is 2. The van der Waals surface area contributed by atoms with Gasteiger partial charge < -0.3 is 24.6 Å². The smallest absolute Gasteiger partial charge is 0.356 e. The van der Waals surface area contributed by atoms with Crippen LogP contribution in [0.1, 0.15) is 41.7 Å². The van der Waals surface area contributed by atoms with Gasteiger partial charge in [-0.1, -0.05) is 12.8 Å². The summed E-state index contributed by atoms with van der Waals surface area (Å²) in [5.74, 6) is -1.04. The van der Waals surface area contributed by atoms with Gasteiger partial charge in [0.15, 0.2) is 5.69 Å². The number of hydrogen-bond acceptors (Lipinski definition) is 8. The minimum Gasteiger partial charge on any atom is -0.497 e. The number of nitrogens with zero attached hydrogens (tertiary/aromatic N) is 2. The summed E-state index contributed by atoms with van der Waals surface area (Å²) in [6.07, 6.45) is 3.54. The number of methoxy groups -OCH3 is 2. The van der Waals surface area contributed by atoms with Crippen molar-refractivity contribution in [2.75, 3.05) is 32.7 Å². The number of amides is 1. The van der Waals surface area contributed by atoms with Crippen molar-refractivity contribution in [1.29, 1.82) is 0 Å². The van der Waals surface area contributed by atoms with Crippen LogP contribution in [0.4, 0.5) is 5.69 Å². The molecule has 40 heavy (non-hydrogen) atoms. The van der Waals surface area contributed by atoms with Crippen molar-refractivity contribution in [3.05, 3.63) is 53.7 Å². The molecule has 214 valence electrons. The van der Waals surface area contributed by atoms with E-state index in [-0.39, 0.29) is 52.8 Å². The maximum Gasteiger partial charge on any atom is 0.356 e. The van der Waals surface area contributed by atoms with Gasteiger partial charge in [-0.05, 0) is 62.2 Å². The molecule has 13 heteroatoms. The molecule has 1 heterocycles. The van der Waals surface area contributed by atoms with Crippen molar-refractivity contribution in [2.24, 2.45) is 5.92 Å². The molecule has 2 aromatic carbocycles. The lowest BCUT2D eigenvalue weighted by atomic mass is 10.1. The highest BCUT2D eigenvalue weighted by Gasteiger charge is 2.27. The minimum atomic E-state index is -4.14. The van der Waals surface area contributed by atoms with E-state index in [4.69, 9.17) is 14.2 Å². The highest BCUT2D eigenvalue weighted by Crippen LogP contribution is 2.36. The number of carbonyl (C=O) groups is 2. The van der Waals surface area contributed by atoms with Gasteiger partial charge in [-0.2, -0.15) is 9.78 Å². The van der Waals surface area contributed by atoms with Crippen LogP contribution in [0.3, 0.4) is 0 Å². The Bertz CT molecular complexity index is 1480. The number of sulfonamides is 1. The Morgan fingerprint density at radius 2 is 1.80 bits per heavy atom. The number of rotatable bonds is 12. The van der Waals surface area contributed by atoms with Crippen molar-refractivity contribution in [1.82, 2.24) is 14.5 Å². The first kappa shape index (κ1) is 29.1. The normalized spacial score (nSPS) is 13.8. The van der Waals surface area contributed by atoms with E-state index in [2.05, 4.69) is 15.1 Å². The van der Waals surface area contributed by atoms with E-state index in [0.717, 1.165) is 25.7 Å². The number of hydrogen-bond donors (Lipinski definition) is 3. The van der Waals surface area contributed by atoms with Gasteiger partial charge in [0.2, 0.25) is 21.8 Å². The Morgan fingerprint density at radius 1 is 1.10 bits per heavy atom. The molecule has 1 aliphatic rings. The van der Waals surface area contributed by atoms with E-state index in [0.29, 0.717) is 17.1 Å². The topological polar surface area (TPSA) is 158 Å². The van der Waals surface area contributed by atoms with Crippen LogP contribution in [-0.4, -0.2) is 62.6 Å². The molecule has 1 aliphatic carbocycles. The number of nitrogens with one attached hydrogen (secondary N) is 2. The minimum absolute atomic E-state index is 0.00288. The Hall–Kier alpha value is -3.94. The second kappa shape index (κ2) is 12.5. The summed E-state index contributed by atoms with van der Waals surface area (Å²) in [5.41, 5.74) is 0.698. The van der Waals surface area contributed by atoms with Crippen LogP contribution in [0.2, 0.25) is 0 Å². The first-order valence-electron chi connectivity index (χ1n) is 12.7. The number of aromatic nitrogens is 2. The van der Waals surface area contributed by atoms with E-state index in [1.54, 1.807) is 24.3 Å². The zero-order valence-corrected chi connectivity index (χ0v) is 23.3. The predicted octanol–water partition coefficient (Wildman–Crippen LogP) is 3.73. The standard InChI is InChI=1S/C27H32N4O8S/c1-17-24(27(33)34)30-31(20-9-11-21(38-3)12-10-20)26(17)39-22-13-8-19(29-25(32)18-6-4-5-7-18)16-23(22)40(35,36)28-14-15-37-2/h8-13,16,18,28H,4-7,14-15H2,1-3H3,(H,29,32)(H,33,34). The third-order valence-electron chi connectivity index (χ3n) is 6.62. The number of ether oxygens (including phenoxy) is 3. The molecule has 0 radical (unpaired) electrons. The largest absolute Gasteiger partial charge is 0.497 e. The summed E-state index contributed by atoms with van der Waals surface area (Å²) in [4.78, 5) is 24.4. The third kappa shape index (κ3) is 6.43. The molecule has 0 unspecified atom stereocenters. The quantitative estimate of drug-likeness (QED) is 0.275. The van der Waals surface area contributed by atoms with Gasteiger partial charge >= 0.3 is 5.97 Å². The van der Waals surface area contributed by atoms with Crippen LogP contribution in [-0.2, 0) is 19.6 Å². The van der Waals surface area contributed by atoms with Gasteiger partial charge in [-0.3, -0.25) is 4.79 Å². The predicted molar refractivity (Wildman–Crippen MR) is 146 cm³/mol. The Labute approximate surface area is 232 Å². The molecule has 0 aliphatic heterocycles. The zero-order valence-electron chi connectivity index (χ0n) is 22.5. The van der Waals surface area contributed by atoms with Crippen molar-refractivity contribution in [2.45, 2.75) is 37.5 Å². The van der Waals surface area contributed by atoms with Crippen molar-refractivity contribution < 1.29 is 37.3 Å². The Morgan fingerprint density at radius 3 is 2.42 bits per heavy atom. The molecule has 3 N–H and O–H groups in total. The maximum absolute atomic E-state index is 13.3. The van der Waals surface area contributed by atoms with Crippen LogP contribution >= 0.6 is 0 Å². The van der Waals surface area contributed by atoms with Crippen LogP contribution in [0.15, 0.2) is 47.4 Å². The van der Waals surface area contributed by atoms with Gasteiger partial charge in [-0.25, -0.2) is 17.9 Å². The van der Waals surface area contributed by atoms with Gasteiger partial charge in [0.25, 0.3) is 0 Å². The molecule has 12 nitrogen and oxygen atoms in total. The van der Waals surface area contributed by atoms with Crippen molar-refractivity contribution >= 4 is 27.6 Å². The average Bonchev–Trinajstić information content (AvgIpc) is 3.59. The summed E-state index contributed by atoms with van der Waals surface area (Å²) in [6, 6.07) is 10.9. The molecule has 3 aromatic rings. The zero-order chi connectivity index (χ0) is 28.9. The Balaban J connectivity index is 1.76. The molecular weight excluding hydrogens is 540 g/mol. The molecule has 1 amide bonds. The summed E-state index contributed by atoms with van der Waals surface area (Å²) in [6.45, 7) is 1.66. The average molecular weight is 573 g/mol. The second-order valence-electron chi connectivity index (χ2n) is 9.32. The van der Waals surface area contributed by atoms with Crippen LogP contribution < -0.4 is 19.5 Å². The fourth-order valence-electron chi connectivity index (χ4n) is 4.47. The van der Waals surface area contributed by atoms with Gasteiger partial charge in [0.1, 0.15) is 16.4 Å². The lowest BCUT2D eigenvalue weighted by Crippen LogP contribution is -2.28. The molecule has 4 rings (SSSR count). The Kier molecular flexibility index (Phi) is 9.07.